The molecule has 0 aromatic heterocycles. The SMILES string of the molecule is CC(C)C[C@H]1O[C@@H]1C[C@H](C(N)=O)C(C)C. The molecule has 88 valence electrons. The molecule has 1 saturated heterocycles. The van der Waals surface area contributed by atoms with Crippen LogP contribution in [-0.4, -0.2) is 18.1 Å². The second-order valence-electron chi connectivity index (χ2n) is 5.33. The molecule has 0 radical (unpaired) electrons. The van der Waals surface area contributed by atoms with E-state index in [9.17, 15) is 4.79 Å². The van der Waals surface area contributed by atoms with E-state index >= 15 is 0 Å². The molecule has 1 rings (SSSR count). The Morgan fingerprint density at radius 3 is 2.13 bits per heavy atom. The Bertz CT molecular complexity index is 226. The minimum atomic E-state index is -0.191. The lowest BCUT2D eigenvalue weighted by Gasteiger charge is -2.15. The first-order valence-corrected chi connectivity index (χ1v) is 5.86. The van der Waals surface area contributed by atoms with Crippen LogP contribution in [0.15, 0.2) is 0 Å². The Morgan fingerprint density at radius 2 is 1.73 bits per heavy atom. The molecule has 0 unspecified atom stereocenters. The lowest BCUT2D eigenvalue weighted by molar-refractivity contribution is -0.123. The van der Waals surface area contributed by atoms with Gasteiger partial charge in [-0.25, -0.2) is 0 Å². The summed E-state index contributed by atoms with van der Waals surface area (Å²) in [6.07, 6.45) is 2.52. The van der Waals surface area contributed by atoms with Gasteiger partial charge in [0.25, 0.3) is 0 Å². The van der Waals surface area contributed by atoms with Gasteiger partial charge in [0.2, 0.25) is 5.91 Å². The lowest BCUT2D eigenvalue weighted by atomic mass is 9.89. The third-order valence-corrected chi connectivity index (χ3v) is 3.05. The fraction of sp³-hybridized carbons (Fsp3) is 0.917. The first kappa shape index (κ1) is 12.5. The van der Waals surface area contributed by atoms with Crippen LogP contribution in [0.25, 0.3) is 0 Å². The summed E-state index contributed by atoms with van der Waals surface area (Å²) in [7, 11) is 0. The van der Waals surface area contributed by atoms with E-state index in [1.54, 1.807) is 0 Å². The quantitative estimate of drug-likeness (QED) is 0.686. The third-order valence-electron chi connectivity index (χ3n) is 3.05. The van der Waals surface area contributed by atoms with Crippen LogP contribution in [-0.2, 0) is 9.53 Å². The van der Waals surface area contributed by atoms with Crippen molar-refractivity contribution in [1.82, 2.24) is 0 Å². The van der Waals surface area contributed by atoms with E-state index < -0.39 is 0 Å². The van der Waals surface area contributed by atoms with Crippen LogP contribution in [0.1, 0.15) is 40.5 Å². The van der Waals surface area contributed by atoms with Crippen molar-refractivity contribution in [3.8, 4) is 0 Å². The average Bonchev–Trinajstić information content (AvgIpc) is 2.76. The molecule has 0 aromatic carbocycles. The van der Waals surface area contributed by atoms with E-state index in [-0.39, 0.29) is 17.9 Å². The summed E-state index contributed by atoms with van der Waals surface area (Å²) in [4.78, 5) is 11.2. The van der Waals surface area contributed by atoms with Crippen LogP contribution in [0.3, 0.4) is 0 Å². The summed E-state index contributed by atoms with van der Waals surface area (Å²) in [6, 6.07) is 0. The molecule has 0 aromatic rings. The molecule has 1 heterocycles. The van der Waals surface area contributed by atoms with Crippen molar-refractivity contribution in [2.24, 2.45) is 23.5 Å². The number of amides is 1. The Balaban J connectivity index is 2.33. The van der Waals surface area contributed by atoms with Gasteiger partial charge >= 0.3 is 0 Å². The topological polar surface area (TPSA) is 55.6 Å². The van der Waals surface area contributed by atoms with Crippen molar-refractivity contribution < 1.29 is 9.53 Å². The molecule has 15 heavy (non-hydrogen) atoms. The molecule has 1 aliphatic heterocycles. The molecular formula is C12H23NO2. The van der Waals surface area contributed by atoms with Crippen molar-refractivity contribution in [3.63, 3.8) is 0 Å². The fourth-order valence-electron chi connectivity index (χ4n) is 2.03. The second-order valence-corrected chi connectivity index (χ2v) is 5.33. The number of ether oxygens (including phenoxy) is 1. The summed E-state index contributed by atoms with van der Waals surface area (Å²) in [5, 5.41) is 0. The van der Waals surface area contributed by atoms with Gasteiger partial charge in [-0.05, 0) is 24.7 Å². The highest BCUT2D eigenvalue weighted by atomic mass is 16.6. The minimum absolute atomic E-state index is 0.0350. The number of carbonyl (C=O) groups is 1. The number of primary amides is 1. The Labute approximate surface area is 92.4 Å². The number of hydrogen-bond acceptors (Lipinski definition) is 2. The molecule has 3 nitrogen and oxygen atoms in total. The van der Waals surface area contributed by atoms with Gasteiger partial charge in [0.15, 0.2) is 0 Å². The van der Waals surface area contributed by atoms with Crippen LogP contribution in [0.2, 0.25) is 0 Å². The molecule has 1 fully saturated rings. The van der Waals surface area contributed by atoms with Gasteiger partial charge in [0, 0.05) is 5.92 Å². The molecule has 1 aliphatic rings. The molecular weight excluding hydrogens is 190 g/mol. The summed E-state index contributed by atoms with van der Waals surface area (Å²) < 4.78 is 5.55. The standard InChI is InChI=1S/C12H23NO2/c1-7(2)5-10-11(15-10)6-9(8(3)4)12(13)14/h7-11H,5-6H2,1-4H3,(H2,13,14)/t9-,10+,11+/m0/s1. The van der Waals surface area contributed by atoms with Gasteiger partial charge < -0.3 is 10.5 Å². The molecule has 3 atom stereocenters. The first-order chi connectivity index (χ1) is 6.91. The van der Waals surface area contributed by atoms with E-state index in [4.69, 9.17) is 10.5 Å². The van der Waals surface area contributed by atoms with Crippen molar-refractivity contribution in [2.75, 3.05) is 0 Å². The molecule has 2 N–H and O–H groups in total. The number of epoxide rings is 1. The molecule has 0 aliphatic carbocycles. The van der Waals surface area contributed by atoms with Gasteiger partial charge in [-0.2, -0.15) is 0 Å². The van der Waals surface area contributed by atoms with Crippen LogP contribution in [0, 0.1) is 17.8 Å². The predicted molar refractivity (Wildman–Crippen MR) is 60.3 cm³/mol. The fourth-order valence-corrected chi connectivity index (χ4v) is 2.03. The lowest BCUT2D eigenvalue weighted by Crippen LogP contribution is -2.29. The largest absolute Gasteiger partial charge is 0.370 e. The highest BCUT2D eigenvalue weighted by molar-refractivity contribution is 5.76. The molecule has 0 spiro atoms. The smallest absolute Gasteiger partial charge is 0.220 e. The maximum atomic E-state index is 11.2. The summed E-state index contributed by atoms with van der Waals surface area (Å²) >= 11 is 0. The van der Waals surface area contributed by atoms with Crippen molar-refractivity contribution in [3.05, 3.63) is 0 Å². The van der Waals surface area contributed by atoms with E-state index in [0.717, 1.165) is 12.8 Å². The third kappa shape index (κ3) is 3.82. The maximum absolute atomic E-state index is 11.2. The summed E-state index contributed by atoms with van der Waals surface area (Å²) in [5.74, 6) is 0.744. The first-order valence-electron chi connectivity index (χ1n) is 5.86. The van der Waals surface area contributed by atoms with Crippen molar-refractivity contribution >= 4 is 5.91 Å². The summed E-state index contributed by atoms with van der Waals surface area (Å²) in [5.41, 5.74) is 5.37. The molecule has 0 bridgehead atoms. The number of hydrogen-bond donors (Lipinski definition) is 1. The highest BCUT2D eigenvalue weighted by Gasteiger charge is 2.41. The van der Waals surface area contributed by atoms with E-state index in [1.807, 2.05) is 13.8 Å². The Kier molecular flexibility index (Phi) is 4.14. The zero-order valence-electron chi connectivity index (χ0n) is 10.2. The summed E-state index contributed by atoms with van der Waals surface area (Å²) in [6.45, 7) is 8.45. The Hall–Kier alpha value is -0.570. The number of nitrogens with two attached hydrogens (primary N) is 1. The minimum Gasteiger partial charge on any atom is -0.370 e. The number of rotatable bonds is 6. The normalized spacial score (nSPS) is 27.1. The van der Waals surface area contributed by atoms with Crippen LogP contribution >= 0.6 is 0 Å². The monoisotopic (exact) mass is 213 g/mol. The van der Waals surface area contributed by atoms with Crippen LogP contribution in [0.4, 0.5) is 0 Å². The molecule has 0 saturated carbocycles. The van der Waals surface area contributed by atoms with E-state index in [1.165, 1.54) is 0 Å². The average molecular weight is 213 g/mol. The van der Waals surface area contributed by atoms with Crippen molar-refractivity contribution in [1.29, 1.82) is 0 Å². The Morgan fingerprint density at radius 1 is 1.20 bits per heavy atom. The number of carbonyl (C=O) groups excluding carboxylic acids is 1. The van der Waals surface area contributed by atoms with Crippen molar-refractivity contribution in [2.45, 2.75) is 52.7 Å². The molecule has 3 heteroatoms. The van der Waals surface area contributed by atoms with Gasteiger partial charge in [-0.3, -0.25) is 4.79 Å². The zero-order valence-corrected chi connectivity index (χ0v) is 10.2. The maximum Gasteiger partial charge on any atom is 0.220 e. The van der Waals surface area contributed by atoms with Crippen LogP contribution in [0.5, 0.6) is 0 Å². The zero-order chi connectivity index (χ0) is 11.6. The van der Waals surface area contributed by atoms with Crippen LogP contribution < -0.4 is 5.73 Å². The highest BCUT2D eigenvalue weighted by Crippen LogP contribution is 2.34. The van der Waals surface area contributed by atoms with Gasteiger partial charge in [0.05, 0.1) is 12.2 Å². The van der Waals surface area contributed by atoms with E-state index in [0.29, 0.717) is 17.9 Å². The predicted octanol–water partition coefficient (Wildman–Crippen LogP) is 1.95. The van der Waals surface area contributed by atoms with Gasteiger partial charge in [-0.15, -0.1) is 0 Å². The van der Waals surface area contributed by atoms with Gasteiger partial charge in [0.1, 0.15) is 0 Å². The molecule has 1 amide bonds. The van der Waals surface area contributed by atoms with E-state index in [2.05, 4.69) is 13.8 Å². The second kappa shape index (κ2) is 4.97. The van der Waals surface area contributed by atoms with Gasteiger partial charge in [-0.1, -0.05) is 27.7 Å².